The van der Waals surface area contributed by atoms with E-state index in [9.17, 15) is 4.79 Å². The van der Waals surface area contributed by atoms with Gasteiger partial charge in [-0.1, -0.05) is 13.3 Å². The first-order chi connectivity index (χ1) is 6.72. The molecule has 0 amide bonds. The van der Waals surface area contributed by atoms with Crippen molar-refractivity contribution < 1.29 is 4.79 Å². The van der Waals surface area contributed by atoms with Crippen molar-refractivity contribution >= 4 is 5.78 Å². The van der Waals surface area contributed by atoms with E-state index in [1.165, 1.54) is 19.4 Å². The molecule has 3 nitrogen and oxygen atoms in total. The van der Waals surface area contributed by atoms with Crippen molar-refractivity contribution in [2.24, 2.45) is 0 Å². The van der Waals surface area contributed by atoms with Crippen molar-refractivity contribution in [3.8, 4) is 0 Å². The summed E-state index contributed by atoms with van der Waals surface area (Å²) in [7, 11) is 2.16. The Morgan fingerprint density at radius 1 is 1.50 bits per heavy atom. The third-order valence-electron chi connectivity index (χ3n) is 2.81. The first-order valence-electron chi connectivity index (χ1n) is 5.66. The van der Waals surface area contributed by atoms with Gasteiger partial charge in [-0.15, -0.1) is 0 Å². The number of carbonyl (C=O) groups excluding carboxylic acids is 1. The summed E-state index contributed by atoms with van der Waals surface area (Å²) in [5.41, 5.74) is 0. The van der Waals surface area contributed by atoms with Crippen molar-refractivity contribution in [1.82, 2.24) is 10.2 Å². The summed E-state index contributed by atoms with van der Waals surface area (Å²) in [6.07, 6.45) is 4.37. The molecule has 0 saturated carbocycles. The lowest BCUT2D eigenvalue weighted by molar-refractivity contribution is -0.116. The van der Waals surface area contributed by atoms with E-state index >= 15 is 0 Å². The molecule has 1 saturated heterocycles. The fraction of sp³-hybridized carbons (Fsp3) is 0.909. The molecule has 1 N–H and O–H groups in total. The highest BCUT2D eigenvalue weighted by atomic mass is 16.1. The van der Waals surface area contributed by atoms with Crippen molar-refractivity contribution in [3.05, 3.63) is 0 Å². The fourth-order valence-corrected chi connectivity index (χ4v) is 1.80. The molecular weight excluding hydrogens is 176 g/mol. The molecule has 0 aromatic heterocycles. The molecule has 1 aliphatic rings. The average Bonchev–Trinajstić information content (AvgIpc) is 2.58. The van der Waals surface area contributed by atoms with Gasteiger partial charge in [-0.3, -0.25) is 4.79 Å². The Hall–Kier alpha value is -0.410. The topological polar surface area (TPSA) is 32.3 Å². The van der Waals surface area contributed by atoms with E-state index in [0.717, 1.165) is 19.4 Å². The zero-order valence-electron chi connectivity index (χ0n) is 9.38. The Morgan fingerprint density at radius 3 is 2.86 bits per heavy atom. The highest BCUT2D eigenvalue weighted by molar-refractivity contribution is 5.83. The third kappa shape index (κ3) is 4.20. The van der Waals surface area contributed by atoms with E-state index in [-0.39, 0.29) is 0 Å². The minimum absolute atomic E-state index is 0.367. The summed E-state index contributed by atoms with van der Waals surface area (Å²) < 4.78 is 0. The molecule has 0 aromatic carbocycles. The summed E-state index contributed by atoms with van der Waals surface area (Å²) in [4.78, 5) is 13.3. The van der Waals surface area contributed by atoms with Crippen LogP contribution in [0.15, 0.2) is 0 Å². The van der Waals surface area contributed by atoms with Crippen LogP contribution in [0.5, 0.6) is 0 Å². The standard InChI is InChI=1S/C11H22N2O/c1-3-4-6-13(2)7-5-10-8-11(14)9-12-10/h10,12H,3-9H2,1-2H3. The second kappa shape index (κ2) is 6.14. The van der Waals surface area contributed by atoms with Gasteiger partial charge < -0.3 is 10.2 Å². The zero-order chi connectivity index (χ0) is 10.4. The number of nitrogens with one attached hydrogen (secondary N) is 1. The van der Waals surface area contributed by atoms with Gasteiger partial charge in [0.15, 0.2) is 0 Å². The Morgan fingerprint density at radius 2 is 2.29 bits per heavy atom. The Kier molecular flexibility index (Phi) is 5.12. The van der Waals surface area contributed by atoms with Gasteiger partial charge in [-0.2, -0.15) is 0 Å². The fourth-order valence-electron chi connectivity index (χ4n) is 1.80. The van der Waals surface area contributed by atoms with Gasteiger partial charge in [-0.25, -0.2) is 0 Å². The first kappa shape index (κ1) is 11.7. The lowest BCUT2D eigenvalue weighted by Gasteiger charge is -2.18. The molecule has 82 valence electrons. The van der Waals surface area contributed by atoms with Crippen LogP contribution in [0.1, 0.15) is 32.6 Å². The molecule has 0 radical (unpaired) electrons. The third-order valence-corrected chi connectivity index (χ3v) is 2.81. The van der Waals surface area contributed by atoms with E-state index in [1.54, 1.807) is 0 Å². The highest BCUT2D eigenvalue weighted by Crippen LogP contribution is 2.06. The van der Waals surface area contributed by atoms with Crippen LogP contribution in [-0.4, -0.2) is 43.4 Å². The number of unbranched alkanes of at least 4 members (excludes halogenated alkanes) is 1. The van der Waals surface area contributed by atoms with Gasteiger partial charge in [0.2, 0.25) is 0 Å². The van der Waals surface area contributed by atoms with Crippen LogP contribution in [0.2, 0.25) is 0 Å². The molecule has 1 unspecified atom stereocenters. The van der Waals surface area contributed by atoms with Crippen molar-refractivity contribution in [1.29, 1.82) is 0 Å². The van der Waals surface area contributed by atoms with Crippen LogP contribution in [0.3, 0.4) is 0 Å². The molecule has 1 fully saturated rings. The normalized spacial score (nSPS) is 22.2. The Balaban J connectivity index is 2.05. The highest BCUT2D eigenvalue weighted by Gasteiger charge is 2.20. The molecule has 14 heavy (non-hydrogen) atoms. The van der Waals surface area contributed by atoms with Gasteiger partial charge in [-0.05, 0) is 33.0 Å². The second-order valence-electron chi connectivity index (χ2n) is 4.27. The monoisotopic (exact) mass is 198 g/mol. The smallest absolute Gasteiger partial charge is 0.148 e. The second-order valence-corrected chi connectivity index (χ2v) is 4.27. The predicted molar refractivity (Wildman–Crippen MR) is 58.4 cm³/mol. The molecule has 0 spiro atoms. The van der Waals surface area contributed by atoms with Crippen LogP contribution < -0.4 is 5.32 Å². The number of Topliss-reactive ketones (excluding diaryl/α,β-unsaturated/α-hetero) is 1. The molecule has 1 aliphatic heterocycles. The van der Waals surface area contributed by atoms with Crippen molar-refractivity contribution in [3.63, 3.8) is 0 Å². The number of carbonyl (C=O) groups is 1. The maximum atomic E-state index is 11.0. The molecule has 1 atom stereocenters. The van der Waals surface area contributed by atoms with Crippen LogP contribution in [-0.2, 0) is 4.79 Å². The van der Waals surface area contributed by atoms with Gasteiger partial charge in [0, 0.05) is 12.5 Å². The number of rotatable bonds is 6. The van der Waals surface area contributed by atoms with Crippen molar-refractivity contribution in [2.45, 2.75) is 38.6 Å². The quantitative estimate of drug-likeness (QED) is 0.692. The number of nitrogens with zero attached hydrogens (tertiary/aromatic N) is 1. The minimum Gasteiger partial charge on any atom is -0.307 e. The Labute approximate surface area is 86.9 Å². The van der Waals surface area contributed by atoms with Crippen LogP contribution >= 0.6 is 0 Å². The van der Waals surface area contributed by atoms with Crippen molar-refractivity contribution in [2.75, 3.05) is 26.7 Å². The number of hydrogen-bond donors (Lipinski definition) is 1. The summed E-state index contributed by atoms with van der Waals surface area (Å²) in [5, 5.41) is 3.24. The summed E-state index contributed by atoms with van der Waals surface area (Å²) >= 11 is 0. The number of hydrogen-bond acceptors (Lipinski definition) is 3. The van der Waals surface area contributed by atoms with E-state index < -0.39 is 0 Å². The maximum absolute atomic E-state index is 11.0. The predicted octanol–water partition coefficient (Wildman–Crippen LogP) is 1.04. The Bertz CT molecular complexity index is 182. The van der Waals surface area contributed by atoms with Crippen LogP contribution in [0, 0.1) is 0 Å². The lowest BCUT2D eigenvalue weighted by atomic mass is 10.1. The summed E-state index contributed by atoms with van der Waals surface area (Å²) in [5.74, 6) is 0.367. The summed E-state index contributed by atoms with van der Waals surface area (Å²) in [6, 6.07) is 0.437. The first-order valence-corrected chi connectivity index (χ1v) is 5.66. The van der Waals surface area contributed by atoms with E-state index in [4.69, 9.17) is 0 Å². The van der Waals surface area contributed by atoms with Gasteiger partial charge >= 0.3 is 0 Å². The van der Waals surface area contributed by atoms with Gasteiger partial charge in [0.05, 0.1) is 6.54 Å². The maximum Gasteiger partial charge on any atom is 0.148 e. The lowest BCUT2D eigenvalue weighted by Crippen LogP contribution is -2.28. The largest absolute Gasteiger partial charge is 0.307 e. The minimum atomic E-state index is 0.367. The van der Waals surface area contributed by atoms with E-state index in [1.807, 2.05) is 0 Å². The van der Waals surface area contributed by atoms with Crippen LogP contribution in [0.4, 0.5) is 0 Å². The average molecular weight is 198 g/mol. The molecule has 3 heteroatoms. The molecule has 0 aliphatic carbocycles. The van der Waals surface area contributed by atoms with E-state index in [2.05, 4.69) is 24.2 Å². The van der Waals surface area contributed by atoms with Gasteiger partial charge in [0.1, 0.15) is 5.78 Å². The zero-order valence-corrected chi connectivity index (χ0v) is 9.38. The SMILES string of the molecule is CCCCN(C)CCC1CC(=O)CN1. The van der Waals surface area contributed by atoms with Gasteiger partial charge in [0.25, 0.3) is 0 Å². The van der Waals surface area contributed by atoms with Crippen LogP contribution in [0.25, 0.3) is 0 Å². The molecule has 1 heterocycles. The molecule has 1 rings (SSSR count). The molecular formula is C11H22N2O. The van der Waals surface area contributed by atoms with E-state index in [0.29, 0.717) is 18.4 Å². The summed E-state index contributed by atoms with van der Waals surface area (Å²) in [6.45, 7) is 5.08. The molecule has 0 bridgehead atoms. The molecule has 0 aromatic rings. The number of ketones is 1.